The minimum atomic E-state index is -0.873. The summed E-state index contributed by atoms with van der Waals surface area (Å²) in [5.41, 5.74) is 5.24. The predicted octanol–water partition coefficient (Wildman–Crippen LogP) is 3.11. The molecule has 2 rings (SSSR count). The molecule has 0 aromatic heterocycles. The number of rotatable bonds is 5. The van der Waals surface area contributed by atoms with Crippen LogP contribution < -0.4 is 15.6 Å². The van der Waals surface area contributed by atoms with Crippen molar-refractivity contribution in [3.05, 3.63) is 71.0 Å². The first-order chi connectivity index (χ1) is 11.9. The van der Waals surface area contributed by atoms with Crippen LogP contribution in [0.1, 0.15) is 12.5 Å². The van der Waals surface area contributed by atoms with Crippen molar-refractivity contribution in [2.45, 2.75) is 13.0 Å². The molecule has 0 fully saturated rings. The van der Waals surface area contributed by atoms with Crippen LogP contribution in [-0.2, 0) is 9.59 Å². The summed E-state index contributed by atoms with van der Waals surface area (Å²) in [6.45, 7) is 1.51. The second-order valence-corrected chi connectivity index (χ2v) is 5.52. The van der Waals surface area contributed by atoms with Crippen LogP contribution in [0, 0.1) is 5.82 Å². The number of hydrogen-bond donors (Lipinski definition) is 2. The van der Waals surface area contributed by atoms with Gasteiger partial charge in [-0.25, -0.2) is 4.39 Å². The SMILES string of the molecule is C[C@H](Oc1ccc(F)cc1)C(=O)NNC(=O)/C=C\c1cccc(Cl)c1. The highest BCUT2D eigenvalue weighted by Crippen LogP contribution is 2.13. The quantitative estimate of drug-likeness (QED) is 0.634. The van der Waals surface area contributed by atoms with Crippen molar-refractivity contribution in [1.29, 1.82) is 0 Å². The molecular weight excluding hydrogens is 347 g/mol. The maximum Gasteiger partial charge on any atom is 0.279 e. The van der Waals surface area contributed by atoms with Crippen LogP contribution in [0.2, 0.25) is 5.02 Å². The third-order valence-electron chi connectivity index (χ3n) is 3.08. The fraction of sp³-hybridized carbons (Fsp3) is 0.111. The molecule has 25 heavy (non-hydrogen) atoms. The maximum absolute atomic E-state index is 12.8. The fourth-order valence-corrected chi connectivity index (χ4v) is 2.02. The van der Waals surface area contributed by atoms with Gasteiger partial charge in [0.2, 0.25) is 0 Å². The third kappa shape index (κ3) is 6.27. The van der Waals surface area contributed by atoms with Crippen molar-refractivity contribution < 1.29 is 18.7 Å². The van der Waals surface area contributed by atoms with Crippen molar-refractivity contribution in [3.63, 3.8) is 0 Å². The summed E-state index contributed by atoms with van der Waals surface area (Å²) in [5.74, 6) is -1.12. The summed E-state index contributed by atoms with van der Waals surface area (Å²) in [6.07, 6.45) is 1.95. The number of carbonyl (C=O) groups excluding carboxylic acids is 2. The molecule has 0 heterocycles. The Morgan fingerprint density at radius 1 is 1.16 bits per heavy atom. The molecule has 0 radical (unpaired) electrons. The Kier molecular flexibility index (Phi) is 6.54. The first-order valence-electron chi connectivity index (χ1n) is 7.40. The molecular formula is C18H16ClFN2O3. The molecule has 0 spiro atoms. The van der Waals surface area contributed by atoms with Crippen molar-refractivity contribution in [2.75, 3.05) is 0 Å². The summed E-state index contributed by atoms with van der Waals surface area (Å²) in [7, 11) is 0. The van der Waals surface area contributed by atoms with Crippen molar-refractivity contribution in [2.24, 2.45) is 0 Å². The van der Waals surface area contributed by atoms with Crippen LogP contribution in [0.4, 0.5) is 4.39 Å². The number of nitrogens with one attached hydrogen (secondary N) is 2. The molecule has 0 aliphatic heterocycles. The lowest BCUT2D eigenvalue weighted by Gasteiger charge is -2.14. The van der Waals surface area contributed by atoms with Gasteiger partial charge in [0.25, 0.3) is 11.8 Å². The Morgan fingerprint density at radius 3 is 2.56 bits per heavy atom. The lowest BCUT2D eigenvalue weighted by atomic mass is 10.2. The average Bonchev–Trinajstić information content (AvgIpc) is 2.60. The summed E-state index contributed by atoms with van der Waals surface area (Å²) in [6, 6.07) is 12.2. The van der Waals surface area contributed by atoms with Crippen molar-refractivity contribution >= 4 is 29.5 Å². The van der Waals surface area contributed by atoms with Crippen LogP contribution in [0.5, 0.6) is 5.75 Å². The predicted molar refractivity (Wildman–Crippen MR) is 93.3 cm³/mol. The highest BCUT2D eigenvalue weighted by molar-refractivity contribution is 6.30. The largest absolute Gasteiger partial charge is 0.481 e. The smallest absolute Gasteiger partial charge is 0.279 e. The number of benzene rings is 2. The molecule has 0 aliphatic rings. The summed E-state index contributed by atoms with van der Waals surface area (Å²) in [5, 5.41) is 0.558. The Labute approximate surface area is 149 Å². The summed E-state index contributed by atoms with van der Waals surface area (Å²) in [4.78, 5) is 23.6. The van der Waals surface area contributed by atoms with Gasteiger partial charge in [0.05, 0.1) is 0 Å². The van der Waals surface area contributed by atoms with Crippen LogP contribution in [0.3, 0.4) is 0 Å². The van der Waals surface area contributed by atoms with E-state index in [1.165, 1.54) is 37.3 Å². The van der Waals surface area contributed by atoms with Crippen molar-refractivity contribution in [3.8, 4) is 5.75 Å². The molecule has 0 saturated heterocycles. The van der Waals surface area contributed by atoms with Gasteiger partial charge in [-0.2, -0.15) is 0 Å². The normalized spacial score (nSPS) is 11.8. The van der Waals surface area contributed by atoms with E-state index in [2.05, 4.69) is 10.9 Å². The molecule has 0 unspecified atom stereocenters. The van der Waals surface area contributed by atoms with E-state index in [0.717, 1.165) is 5.56 Å². The van der Waals surface area contributed by atoms with Gasteiger partial charge in [-0.1, -0.05) is 23.7 Å². The Balaban J connectivity index is 1.80. The Hall–Kier alpha value is -2.86. The zero-order valence-electron chi connectivity index (χ0n) is 13.3. The van der Waals surface area contributed by atoms with E-state index in [-0.39, 0.29) is 0 Å². The van der Waals surface area contributed by atoms with Gasteiger partial charge >= 0.3 is 0 Å². The Morgan fingerprint density at radius 2 is 1.88 bits per heavy atom. The number of carbonyl (C=O) groups is 2. The molecule has 2 aromatic rings. The summed E-state index contributed by atoms with van der Waals surface area (Å²) >= 11 is 5.85. The molecule has 2 amide bonds. The van der Waals surface area contributed by atoms with E-state index in [0.29, 0.717) is 10.8 Å². The molecule has 0 aliphatic carbocycles. The van der Waals surface area contributed by atoms with E-state index in [9.17, 15) is 14.0 Å². The zero-order chi connectivity index (χ0) is 18.2. The van der Waals surface area contributed by atoms with Gasteiger partial charge in [-0.05, 0) is 55.0 Å². The number of amides is 2. The standard InChI is InChI=1S/C18H16ClFN2O3/c1-12(25-16-8-6-15(20)7-9-16)18(24)22-21-17(23)10-5-13-3-2-4-14(19)11-13/h2-12H,1H3,(H,21,23)(H,22,24)/b10-5-/t12-/m0/s1. The van der Waals surface area contributed by atoms with Gasteiger partial charge in [0, 0.05) is 11.1 Å². The average molecular weight is 363 g/mol. The third-order valence-corrected chi connectivity index (χ3v) is 3.32. The number of ether oxygens (including phenoxy) is 1. The number of hydrazine groups is 1. The van der Waals surface area contributed by atoms with E-state index >= 15 is 0 Å². The molecule has 7 heteroatoms. The van der Waals surface area contributed by atoms with Crippen LogP contribution in [0.25, 0.3) is 6.08 Å². The molecule has 5 nitrogen and oxygen atoms in total. The monoisotopic (exact) mass is 362 g/mol. The second kappa shape index (κ2) is 8.84. The van der Waals surface area contributed by atoms with E-state index in [1.807, 2.05) is 0 Å². The maximum atomic E-state index is 12.8. The molecule has 0 bridgehead atoms. The molecule has 130 valence electrons. The van der Waals surface area contributed by atoms with Gasteiger partial charge in [0.15, 0.2) is 6.10 Å². The Bertz CT molecular complexity index is 778. The van der Waals surface area contributed by atoms with Crippen LogP contribution in [0.15, 0.2) is 54.6 Å². The van der Waals surface area contributed by atoms with Gasteiger partial charge in [-0.15, -0.1) is 0 Å². The number of halogens is 2. The topological polar surface area (TPSA) is 67.4 Å². The van der Waals surface area contributed by atoms with E-state index < -0.39 is 23.7 Å². The molecule has 2 N–H and O–H groups in total. The lowest BCUT2D eigenvalue weighted by Crippen LogP contribution is -2.46. The first-order valence-corrected chi connectivity index (χ1v) is 7.77. The van der Waals surface area contributed by atoms with Gasteiger partial charge < -0.3 is 4.74 Å². The minimum absolute atomic E-state index is 0.344. The van der Waals surface area contributed by atoms with Crippen molar-refractivity contribution in [1.82, 2.24) is 10.9 Å². The van der Waals surface area contributed by atoms with Gasteiger partial charge in [0.1, 0.15) is 11.6 Å². The highest BCUT2D eigenvalue weighted by Gasteiger charge is 2.14. The summed E-state index contributed by atoms with van der Waals surface area (Å²) < 4.78 is 18.2. The van der Waals surface area contributed by atoms with E-state index in [4.69, 9.17) is 16.3 Å². The first kappa shape index (κ1) is 18.5. The lowest BCUT2D eigenvalue weighted by molar-refractivity contribution is -0.131. The van der Waals surface area contributed by atoms with Gasteiger partial charge in [-0.3, -0.25) is 20.4 Å². The van der Waals surface area contributed by atoms with E-state index in [1.54, 1.807) is 30.3 Å². The van der Waals surface area contributed by atoms with Crippen LogP contribution >= 0.6 is 11.6 Å². The minimum Gasteiger partial charge on any atom is -0.481 e. The molecule has 2 aromatic carbocycles. The molecule has 0 saturated carbocycles. The molecule has 1 atom stereocenters. The number of hydrogen-bond acceptors (Lipinski definition) is 3. The fourth-order valence-electron chi connectivity index (χ4n) is 1.82. The van der Waals surface area contributed by atoms with Crippen LogP contribution in [-0.4, -0.2) is 17.9 Å². The second-order valence-electron chi connectivity index (χ2n) is 5.08. The zero-order valence-corrected chi connectivity index (χ0v) is 14.1. The highest BCUT2D eigenvalue weighted by atomic mass is 35.5.